The number of hydrogen-bond acceptors (Lipinski definition) is 5. The number of methoxy groups -OCH3 is 1. The molecule has 3 heterocycles. The van der Waals surface area contributed by atoms with Crippen LogP contribution < -0.4 is 9.47 Å². The summed E-state index contributed by atoms with van der Waals surface area (Å²) in [5.74, 6) is 2.70. The predicted molar refractivity (Wildman–Crippen MR) is 94.8 cm³/mol. The zero-order valence-corrected chi connectivity index (χ0v) is 15.0. The first-order valence-electron chi connectivity index (χ1n) is 9.14. The van der Waals surface area contributed by atoms with Crippen molar-refractivity contribution >= 4 is 0 Å². The van der Waals surface area contributed by atoms with Crippen molar-refractivity contribution in [2.24, 2.45) is 5.92 Å². The normalized spacial score (nSPS) is 21.1. The maximum absolute atomic E-state index is 6.07. The van der Waals surface area contributed by atoms with Gasteiger partial charge in [-0.1, -0.05) is 5.21 Å². The molecule has 1 aromatic carbocycles. The Morgan fingerprint density at radius 1 is 1.28 bits per heavy atom. The highest BCUT2D eigenvalue weighted by Crippen LogP contribution is 2.37. The molecule has 1 saturated heterocycles. The fourth-order valence-electron chi connectivity index (χ4n) is 3.98. The molecule has 4 rings (SSSR count). The molecule has 0 saturated carbocycles. The Morgan fingerprint density at radius 3 is 2.84 bits per heavy atom. The van der Waals surface area contributed by atoms with E-state index in [0.717, 1.165) is 44.1 Å². The molecule has 6 heteroatoms. The van der Waals surface area contributed by atoms with Crippen LogP contribution >= 0.6 is 0 Å². The summed E-state index contributed by atoms with van der Waals surface area (Å²) in [6.07, 6.45) is 7.32. The van der Waals surface area contributed by atoms with Gasteiger partial charge in [0.05, 0.1) is 13.3 Å². The molecule has 1 fully saturated rings. The fraction of sp³-hybridized carbons (Fsp3) is 0.579. The van der Waals surface area contributed by atoms with Crippen LogP contribution in [0.15, 0.2) is 24.5 Å². The van der Waals surface area contributed by atoms with Gasteiger partial charge in [0.2, 0.25) is 0 Å². The number of nitrogens with zero attached hydrogens (tertiary/aromatic N) is 4. The van der Waals surface area contributed by atoms with Crippen LogP contribution in [0.5, 0.6) is 11.5 Å². The molecule has 6 nitrogen and oxygen atoms in total. The van der Waals surface area contributed by atoms with Gasteiger partial charge in [-0.15, -0.1) is 5.10 Å². The minimum Gasteiger partial charge on any atom is -0.497 e. The summed E-state index contributed by atoms with van der Waals surface area (Å²) in [4.78, 5) is 2.53. The van der Waals surface area contributed by atoms with Gasteiger partial charge in [0.15, 0.2) is 0 Å². The van der Waals surface area contributed by atoms with Gasteiger partial charge in [-0.05, 0) is 50.9 Å². The number of piperidine rings is 1. The van der Waals surface area contributed by atoms with Crippen molar-refractivity contribution in [1.29, 1.82) is 0 Å². The van der Waals surface area contributed by atoms with Crippen molar-refractivity contribution in [2.75, 3.05) is 20.2 Å². The van der Waals surface area contributed by atoms with E-state index in [1.807, 2.05) is 10.9 Å². The lowest BCUT2D eigenvalue weighted by atomic mass is 9.96. The Kier molecular flexibility index (Phi) is 4.61. The average molecular weight is 342 g/mol. The molecule has 2 aromatic rings. The van der Waals surface area contributed by atoms with Crippen LogP contribution in [0.1, 0.15) is 30.9 Å². The molecule has 0 bridgehead atoms. The zero-order valence-electron chi connectivity index (χ0n) is 15.0. The van der Waals surface area contributed by atoms with Crippen LogP contribution in [0.3, 0.4) is 0 Å². The van der Waals surface area contributed by atoms with Gasteiger partial charge in [0, 0.05) is 36.8 Å². The molecule has 0 unspecified atom stereocenters. The van der Waals surface area contributed by atoms with Gasteiger partial charge in [-0.2, -0.15) is 0 Å². The average Bonchev–Trinajstić information content (AvgIpc) is 3.25. The summed E-state index contributed by atoms with van der Waals surface area (Å²) in [7, 11) is 1.74. The third kappa shape index (κ3) is 3.63. The van der Waals surface area contributed by atoms with Crippen molar-refractivity contribution < 1.29 is 9.47 Å². The van der Waals surface area contributed by atoms with Crippen molar-refractivity contribution in [3.8, 4) is 11.5 Å². The third-order valence-corrected chi connectivity index (χ3v) is 5.30. The highest BCUT2D eigenvalue weighted by Gasteiger charge is 2.26. The Morgan fingerprint density at radius 2 is 2.12 bits per heavy atom. The minimum absolute atomic E-state index is 0.259. The van der Waals surface area contributed by atoms with Crippen LogP contribution in [-0.2, 0) is 19.5 Å². The first-order valence-corrected chi connectivity index (χ1v) is 9.14. The third-order valence-electron chi connectivity index (χ3n) is 5.30. The second-order valence-electron chi connectivity index (χ2n) is 7.25. The SMILES string of the molecule is COc1cc2c(c(CN3CCC(Cn4ccnn4)CC3)c1)O[C@@H](C)C2. The van der Waals surface area contributed by atoms with E-state index in [9.17, 15) is 0 Å². The summed E-state index contributed by atoms with van der Waals surface area (Å²) in [5, 5.41) is 7.98. The molecule has 25 heavy (non-hydrogen) atoms. The number of ether oxygens (including phenoxy) is 2. The maximum atomic E-state index is 6.07. The Balaban J connectivity index is 1.39. The smallest absolute Gasteiger partial charge is 0.127 e. The quantitative estimate of drug-likeness (QED) is 0.836. The highest BCUT2D eigenvalue weighted by molar-refractivity contribution is 5.49. The summed E-state index contributed by atoms with van der Waals surface area (Å²) in [5.41, 5.74) is 2.54. The van der Waals surface area contributed by atoms with Crippen LogP contribution in [0.25, 0.3) is 0 Å². The molecule has 0 spiro atoms. The molecule has 1 aromatic heterocycles. The molecule has 0 N–H and O–H groups in total. The molecular formula is C19H26N4O2. The lowest BCUT2D eigenvalue weighted by Gasteiger charge is -2.32. The Hall–Kier alpha value is -2.08. The van der Waals surface area contributed by atoms with Gasteiger partial charge >= 0.3 is 0 Å². The van der Waals surface area contributed by atoms with Gasteiger partial charge in [0.1, 0.15) is 17.6 Å². The monoisotopic (exact) mass is 342 g/mol. The summed E-state index contributed by atoms with van der Waals surface area (Å²) < 4.78 is 13.5. The zero-order chi connectivity index (χ0) is 17.2. The molecule has 2 aliphatic heterocycles. The molecule has 1 atom stereocenters. The summed E-state index contributed by atoms with van der Waals surface area (Å²) in [6.45, 7) is 6.26. The first kappa shape index (κ1) is 16.4. The van der Waals surface area contributed by atoms with E-state index in [1.165, 1.54) is 24.0 Å². The maximum Gasteiger partial charge on any atom is 0.127 e. The fourth-order valence-corrected chi connectivity index (χ4v) is 3.98. The lowest BCUT2D eigenvalue weighted by Crippen LogP contribution is -2.34. The van der Waals surface area contributed by atoms with Gasteiger partial charge in [-0.3, -0.25) is 9.58 Å². The number of likely N-dealkylation sites (tertiary alicyclic amines) is 1. The number of benzene rings is 1. The van der Waals surface area contributed by atoms with E-state index in [1.54, 1.807) is 13.3 Å². The van der Waals surface area contributed by atoms with Crippen LogP contribution in [0.4, 0.5) is 0 Å². The molecule has 134 valence electrons. The van der Waals surface area contributed by atoms with Crippen molar-refractivity contribution in [3.63, 3.8) is 0 Å². The van der Waals surface area contributed by atoms with Crippen molar-refractivity contribution in [3.05, 3.63) is 35.7 Å². The molecule has 0 radical (unpaired) electrons. The first-order chi connectivity index (χ1) is 12.2. The molecule has 0 aliphatic carbocycles. The minimum atomic E-state index is 0.259. The summed E-state index contributed by atoms with van der Waals surface area (Å²) >= 11 is 0. The number of fused-ring (bicyclic) bond motifs is 1. The lowest BCUT2D eigenvalue weighted by molar-refractivity contribution is 0.161. The van der Waals surface area contributed by atoms with E-state index >= 15 is 0 Å². The number of hydrogen-bond donors (Lipinski definition) is 0. The van der Waals surface area contributed by atoms with Crippen molar-refractivity contribution in [2.45, 2.75) is 45.4 Å². The Bertz CT molecular complexity index is 708. The van der Waals surface area contributed by atoms with E-state index < -0.39 is 0 Å². The van der Waals surface area contributed by atoms with E-state index in [-0.39, 0.29) is 6.10 Å². The van der Waals surface area contributed by atoms with Crippen molar-refractivity contribution in [1.82, 2.24) is 19.9 Å². The molecule has 0 amide bonds. The van der Waals surface area contributed by atoms with E-state index in [0.29, 0.717) is 5.92 Å². The van der Waals surface area contributed by atoms with E-state index in [4.69, 9.17) is 9.47 Å². The second kappa shape index (κ2) is 7.04. The molecule has 2 aliphatic rings. The number of aromatic nitrogens is 3. The van der Waals surface area contributed by atoms with Crippen LogP contribution in [0.2, 0.25) is 0 Å². The number of rotatable bonds is 5. The second-order valence-corrected chi connectivity index (χ2v) is 7.25. The molecular weight excluding hydrogens is 316 g/mol. The van der Waals surface area contributed by atoms with Gasteiger partial charge in [0.25, 0.3) is 0 Å². The predicted octanol–water partition coefficient (Wildman–Crippen LogP) is 2.52. The topological polar surface area (TPSA) is 52.4 Å². The van der Waals surface area contributed by atoms with E-state index in [2.05, 4.69) is 34.3 Å². The van der Waals surface area contributed by atoms with Crippen LogP contribution in [-0.4, -0.2) is 46.2 Å². The largest absolute Gasteiger partial charge is 0.497 e. The summed E-state index contributed by atoms with van der Waals surface area (Å²) in [6, 6.07) is 4.26. The van der Waals surface area contributed by atoms with Gasteiger partial charge < -0.3 is 9.47 Å². The van der Waals surface area contributed by atoms with Crippen LogP contribution in [0, 0.1) is 5.92 Å². The van der Waals surface area contributed by atoms with Gasteiger partial charge in [-0.25, -0.2) is 0 Å². The Labute approximate surface area is 148 Å². The standard InChI is InChI=1S/C19H26N4O2/c1-14-9-16-10-18(24-2)11-17(19(16)25-14)13-22-6-3-15(4-7-22)12-23-8-5-20-21-23/h5,8,10-11,14-15H,3-4,6-7,9,12-13H2,1-2H3/t14-/m0/s1. The highest BCUT2D eigenvalue weighted by atomic mass is 16.5.